The number of hydrogen-bond acceptors (Lipinski definition) is 5. The van der Waals surface area contributed by atoms with Crippen molar-refractivity contribution < 1.29 is 4.79 Å². The number of hydrogen-bond donors (Lipinski definition) is 1. The summed E-state index contributed by atoms with van der Waals surface area (Å²) in [4.78, 5) is 18.9. The van der Waals surface area contributed by atoms with E-state index in [4.69, 9.17) is 5.73 Å². The minimum absolute atomic E-state index is 0. The van der Waals surface area contributed by atoms with Crippen LogP contribution in [0.1, 0.15) is 30.0 Å². The largest absolute Gasteiger partial charge is 0.340 e. The molecule has 0 aliphatic heterocycles. The van der Waals surface area contributed by atoms with Crippen molar-refractivity contribution in [3.05, 3.63) is 47.9 Å². The van der Waals surface area contributed by atoms with Gasteiger partial charge in [-0.15, -0.1) is 29.9 Å². The van der Waals surface area contributed by atoms with Crippen molar-refractivity contribution in [3.63, 3.8) is 0 Å². The fraction of sp³-hybridized carbons (Fsp3) is 0.368. The molecule has 3 rings (SSSR count). The van der Waals surface area contributed by atoms with Crippen molar-refractivity contribution in [2.75, 3.05) is 20.1 Å². The molecule has 2 heterocycles. The molecule has 0 fully saturated rings. The van der Waals surface area contributed by atoms with Gasteiger partial charge in [0.05, 0.1) is 16.9 Å². The maximum absolute atomic E-state index is 12.8. The molecule has 0 unspecified atom stereocenters. The Balaban J connectivity index is 0.00000196. The van der Waals surface area contributed by atoms with E-state index in [1.165, 1.54) is 0 Å². The zero-order valence-electron chi connectivity index (χ0n) is 16.4. The van der Waals surface area contributed by atoms with Gasteiger partial charge in [-0.1, -0.05) is 37.3 Å². The van der Waals surface area contributed by atoms with E-state index in [0.29, 0.717) is 24.5 Å². The number of para-hydroxylation sites is 1. The van der Waals surface area contributed by atoms with Crippen LogP contribution in [0, 0.1) is 12.3 Å². The van der Waals surface area contributed by atoms with Crippen LogP contribution in [0.25, 0.3) is 16.6 Å². The van der Waals surface area contributed by atoms with Gasteiger partial charge in [0.15, 0.2) is 5.69 Å². The highest BCUT2D eigenvalue weighted by molar-refractivity contribution is 5.93. The van der Waals surface area contributed by atoms with E-state index in [0.717, 1.165) is 16.6 Å². The molecule has 2 aromatic heterocycles. The highest BCUT2D eigenvalue weighted by atomic mass is 35.5. The summed E-state index contributed by atoms with van der Waals surface area (Å²) in [6, 6.07) is 9.74. The summed E-state index contributed by atoms with van der Waals surface area (Å²) in [6.07, 6.45) is 1.74. The van der Waals surface area contributed by atoms with Crippen LogP contribution in [0.5, 0.6) is 0 Å². The van der Waals surface area contributed by atoms with Gasteiger partial charge in [0.1, 0.15) is 0 Å². The smallest absolute Gasteiger partial charge is 0.276 e. The lowest BCUT2D eigenvalue weighted by Crippen LogP contribution is -2.40. The lowest BCUT2D eigenvalue weighted by molar-refractivity contribution is 0.0734. The SMILES string of the molecule is Cc1c(C(=O)N(C)CC(C)(C)CN)nnn1-c1cccc2cccnc12.Cl.Cl. The zero-order valence-corrected chi connectivity index (χ0v) is 18.0. The number of rotatable bonds is 5. The molecule has 1 amide bonds. The first-order valence-electron chi connectivity index (χ1n) is 8.56. The molecular formula is C19H26Cl2N6O. The van der Waals surface area contributed by atoms with E-state index in [1.54, 1.807) is 22.8 Å². The monoisotopic (exact) mass is 424 g/mol. The Morgan fingerprint density at radius 1 is 1.21 bits per heavy atom. The van der Waals surface area contributed by atoms with E-state index in [9.17, 15) is 4.79 Å². The third-order valence-corrected chi connectivity index (χ3v) is 4.50. The molecule has 0 bridgehead atoms. The lowest BCUT2D eigenvalue weighted by Gasteiger charge is -2.28. The summed E-state index contributed by atoms with van der Waals surface area (Å²) in [7, 11) is 1.76. The number of nitrogens with zero attached hydrogens (tertiary/aromatic N) is 5. The maximum atomic E-state index is 12.8. The van der Waals surface area contributed by atoms with Crippen molar-refractivity contribution in [1.29, 1.82) is 0 Å². The quantitative estimate of drug-likeness (QED) is 0.679. The van der Waals surface area contributed by atoms with Crippen LogP contribution in [0.4, 0.5) is 0 Å². The molecule has 152 valence electrons. The number of nitrogens with two attached hydrogens (primary N) is 1. The summed E-state index contributed by atoms with van der Waals surface area (Å²) in [5.74, 6) is -0.163. The second kappa shape index (κ2) is 9.32. The van der Waals surface area contributed by atoms with Gasteiger partial charge >= 0.3 is 0 Å². The molecule has 2 N–H and O–H groups in total. The van der Waals surface area contributed by atoms with Gasteiger partial charge in [-0.25, -0.2) is 4.68 Å². The Morgan fingerprint density at radius 3 is 2.57 bits per heavy atom. The fourth-order valence-electron chi connectivity index (χ4n) is 2.97. The highest BCUT2D eigenvalue weighted by Crippen LogP contribution is 2.22. The molecule has 7 nitrogen and oxygen atoms in total. The van der Waals surface area contributed by atoms with Gasteiger partial charge in [0.2, 0.25) is 0 Å². The Morgan fingerprint density at radius 2 is 1.89 bits per heavy atom. The summed E-state index contributed by atoms with van der Waals surface area (Å²) in [5, 5.41) is 9.36. The third kappa shape index (κ3) is 4.60. The first-order chi connectivity index (χ1) is 12.3. The summed E-state index contributed by atoms with van der Waals surface area (Å²) in [6.45, 7) is 6.95. The number of carbonyl (C=O) groups is 1. The number of benzene rings is 1. The zero-order chi connectivity index (χ0) is 18.9. The molecule has 0 aliphatic carbocycles. The topological polar surface area (TPSA) is 89.9 Å². The van der Waals surface area contributed by atoms with E-state index in [-0.39, 0.29) is 36.1 Å². The van der Waals surface area contributed by atoms with Crippen molar-refractivity contribution in [3.8, 4) is 5.69 Å². The molecule has 1 aromatic carbocycles. The number of pyridine rings is 1. The fourth-order valence-corrected chi connectivity index (χ4v) is 2.97. The van der Waals surface area contributed by atoms with Crippen LogP contribution in [0.15, 0.2) is 36.5 Å². The van der Waals surface area contributed by atoms with E-state index >= 15 is 0 Å². The van der Waals surface area contributed by atoms with Crippen molar-refractivity contribution in [2.24, 2.45) is 11.1 Å². The minimum Gasteiger partial charge on any atom is -0.340 e. The minimum atomic E-state index is -0.163. The normalized spacial score (nSPS) is 10.9. The second-order valence-electron chi connectivity index (χ2n) is 7.32. The molecule has 0 aliphatic rings. The average molecular weight is 425 g/mol. The number of fused-ring (bicyclic) bond motifs is 1. The molecular weight excluding hydrogens is 399 g/mol. The van der Waals surface area contributed by atoms with Gasteiger partial charge in [-0.2, -0.15) is 0 Å². The number of aromatic nitrogens is 4. The van der Waals surface area contributed by atoms with Crippen LogP contribution < -0.4 is 5.73 Å². The molecule has 0 saturated heterocycles. The summed E-state index contributed by atoms with van der Waals surface area (Å²) in [5.41, 5.74) is 8.27. The summed E-state index contributed by atoms with van der Waals surface area (Å²) < 4.78 is 1.67. The van der Waals surface area contributed by atoms with E-state index < -0.39 is 0 Å². The van der Waals surface area contributed by atoms with Gasteiger partial charge in [-0.05, 0) is 31.0 Å². The molecule has 9 heteroatoms. The van der Waals surface area contributed by atoms with Gasteiger partial charge in [0.25, 0.3) is 5.91 Å². The van der Waals surface area contributed by atoms with E-state index in [2.05, 4.69) is 15.3 Å². The first kappa shape index (κ1) is 23.8. The van der Waals surface area contributed by atoms with Crippen LogP contribution in [0.3, 0.4) is 0 Å². The number of amides is 1. The standard InChI is InChI=1S/C19H24N6O.2ClH/c1-13-16(18(26)24(4)12-19(2,3)11-20)22-23-25(13)15-9-5-7-14-8-6-10-21-17(14)15;;/h5-10H,11-12,20H2,1-4H3;2*1H. The predicted octanol–water partition coefficient (Wildman–Crippen LogP) is 3.02. The first-order valence-corrected chi connectivity index (χ1v) is 8.56. The average Bonchev–Trinajstić information content (AvgIpc) is 3.01. The molecule has 28 heavy (non-hydrogen) atoms. The Kier molecular flexibility index (Phi) is 7.93. The van der Waals surface area contributed by atoms with Crippen LogP contribution in [-0.2, 0) is 0 Å². The number of halogens is 2. The van der Waals surface area contributed by atoms with Crippen molar-refractivity contribution in [1.82, 2.24) is 24.9 Å². The van der Waals surface area contributed by atoms with Crippen LogP contribution >= 0.6 is 24.8 Å². The second-order valence-corrected chi connectivity index (χ2v) is 7.32. The molecule has 0 atom stereocenters. The molecule has 0 radical (unpaired) electrons. The molecule has 3 aromatic rings. The highest BCUT2D eigenvalue weighted by Gasteiger charge is 2.26. The lowest BCUT2D eigenvalue weighted by atomic mass is 9.93. The molecule has 0 saturated carbocycles. The van der Waals surface area contributed by atoms with Crippen LogP contribution in [-0.4, -0.2) is 50.9 Å². The van der Waals surface area contributed by atoms with Gasteiger partial charge < -0.3 is 10.6 Å². The van der Waals surface area contributed by atoms with Crippen molar-refractivity contribution in [2.45, 2.75) is 20.8 Å². The van der Waals surface area contributed by atoms with Crippen molar-refractivity contribution >= 4 is 41.6 Å². The maximum Gasteiger partial charge on any atom is 0.276 e. The summed E-state index contributed by atoms with van der Waals surface area (Å²) >= 11 is 0. The van der Waals surface area contributed by atoms with Gasteiger partial charge in [-0.3, -0.25) is 9.78 Å². The van der Waals surface area contributed by atoms with Gasteiger partial charge in [0, 0.05) is 25.2 Å². The number of carbonyl (C=O) groups excluding carboxylic acids is 1. The predicted molar refractivity (Wildman–Crippen MR) is 116 cm³/mol. The Labute approximate surface area is 177 Å². The van der Waals surface area contributed by atoms with E-state index in [1.807, 2.05) is 51.1 Å². The molecule has 0 spiro atoms. The Bertz CT molecular complexity index is 951. The third-order valence-electron chi connectivity index (χ3n) is 4.50. The van der Waals surface area contributed by atoms with Crippen LogP contribution in [0.2, 0.25) is 0 Å². The Hall–Kier alpha value is -2.22.